The van der Waals surface area contributed by atoms with E-state index in [2.05, 4.69) is 23.3 Å². The summed E-state index contributed by atoms with van der Waals surface area (Å²) in [5.41, 5.74) is 1.21. The van der Waals surface area contributed by atoms with Crippen LogP contribution in [0.3, 0.4) is 0 Å². The van der Waals surface area contributed by atoms with Gasteiger partial charge in [-0.25, -0.2) is 4.98 Å². The van der Waals surface area contributed by atoms with E-state index >= 15 is 0 Å². The molecule has 0 aliphatic rings. The van der Waals surface area contributed by atoms with Crippen molar-refractivity contribution in [1.82, 2.24) is 10.3 Å². The quantitative estimate of drug-likeness (QED) is 0.548. The molecule has 0 aliphatic heterocycles. The van der Waals surface area contributed by atoms with Gasteiger partial charge in [0, 0.05) is 18.5 Å². The van der Waals surface area contributed by atoms with E-state index in [4.69, 9.17) is 5.11 Å². The first-order valence-electron chi connectivity index (χ1n) is 5.26. The van der Waals surface area contributed by atoms with Crippen molar-refractivity contribution in [2.75, 3.05) is 18.9 Å². The Hall–Kier alpha value is -0.580. The SMILES string of the molecule is CCCNCc1cccnc1SCCO. The molecule has 1 aromatic heterocycles. The molecule has 0 radical (unpaired) electrons. The highest BCUT2D eigenvalue weighted by Gasteiger charge is 2.02. The zero-order chi connectivity index (χ0) is 10.9. The zero-order valence-electron chi connectivity index (χ0n) is 9.07. The minimum atomic E-state index is 0.197. The molecule has 0 bridgehead atoms. The molecular weight excluding hydrogens is 208 g/mol. The van der Waals surface area contributed by atoms with Gasteiger partial charge < -0.3 is 10.4 Å². The number of hydrogen-bond donors (Lipinski definition) is 2. The van der Waals surface area contributed by atoms with Crippen molar-refractivity contribution >= 4 is 11.8 Å². The van der Waals surface area contributed by atoms with Crippen LogP contribution >= 0.6 is 11.8 Å². The van der Waals surface area contributed by atoms with Crippen LogP contribution in [0.1, 0.15) is 18.9 Å². The average molecular weight is 226 g/mol. The monoisotopic (exact) mass is 226 g/mol. The maximum absolute atomic E-state index is 8.77. The molecule has 2 N–H and O–H groups in total. The Balaban J connectivity index is 2.52. The number of rotatable bonds is 7. The molecule has 0 spiro atoms. The number of thioether (sulfide) groups is 1. The first kappa shape index (κ1) is 12.5. The molecule has 15 heavy (non-hydrogen) atoms. The van der Waals surface area contributed by atoms with Gasteiger partial charge in [-0.2, -0.15) is 0 Å². The topological polar surface area (TPSA) is 45.2 Å². The number of nitrogens with one attached hydrogen (secondary N) is 1. The van der Waals surface area contributed by atoms with E-state index in [9.17, 15) is 0 Å². The van der Waals surface area contributed by atoms with Crippen molar-refractivity contribution in [1.29, 1.82) is 0 Å². The lowest BCUT2D eigenvalue weighted by Crippen LogP contribution is -2.14. The fourth-order valence-corrected chi connectivity index (χ4v) is 1.98. The van der Waals surface area contributed by atoms with Crippen LogP contribution in [0.25, 0.3) is 0 Å². The van der Waals surface area contributed by atoms with Crippen molar-refractivity contribution in [3.05, 3.63) is 23.9 Å². The normalized spacial score (nSPS) is 10.5. The van der Waals surface area contributed by atoms with Crippen LogP contribution in [0.2, 0.25) is 0 Å². The summed E-state index contributed by atoms with van der Waals surface area (Å²) in [6, 6.07) is 4.03. The van der Waals surface area contributed by atoms with Gasteiger partial charge in [0.1, 0.15) is 5.03 Å². The van der Waals surface area contributed by atoms with Crippen LogP contribution in [0.5, 0.6) is 0 Å². The van der Waals surface area contributed by atoms with Gasteiger partial charge >= 0.3 is 0 Å². The number of aromatic nitrogens is 1. The molecule has 0 aliphatic carbocycles. The second-order valence-corrected chi connectivity index (χ2v) is 4.30. The Labute approximate surface area is 95.3 Å². The van der Waals surface area contributed by atoms with Crippen LogP contribution in [0.4, 0.5) is 0 Å². The second-order valence-electron chi connectivity index (χ2n) is 3.22. The molecule has 84 valence electrons. The number of aliphatic hydroxyl groups excluding tert-OH is 1. The molecule has 0 saturated carbocycles. The molecule has 3 nitrogen and oxygen atoms in total. The van der Waals surface area contributed by atoms with Crippen molar-refractivity contribution < 1.29 is 5.11 Å². The molecular formula is C11H18N2OS. The Bertz CT molecular complexity index is 281. The maximum atomic E-state index is 8.77. The summed E-state index contributed by atoms with van der Waals surface area (Å²) in [4.78, 5) is 4.31. The van der Waals surface area contributed by atoms with Crippen LogP contribution in [0, 0.1) is 0 Å². The highest BCUT2D eigenvalue weighted by Crippen LogP contribution is 2.19. The van der Waals surface area contributed by atoms with Gasteiger partial charge in [-0.3, -0.25) is 0 Å². The van der Waals surface area contributed by atoms with E-state index < -0.39 is 0 Å². The van der Waals surface area contributed by atoms with Crippen LogP contribution in [-0.4, -0.2) is 29.0 Å². The molecule has 0 unspecified atom stereocenters. The molecule has 0 atom stereocenters. The molecule has 0 aromatic carbocycles. The van der Waals surface area contributed by atoms with Gasteiger partial charge in [0.15, 0.2) is 0 Å². The van der Waals surface area contributed by atoms with E-state index in [-0.39, 0.29) is 6.61 Å². The Morgan fingerprint density at radius 3 is 3.13 bits per heavy atom. The van der Waals surface area contributed by atoms with Crippen molar-refractivity contribution in [2.45, 2.75) is 24.9 Å². The molecule has 0 amide bonds. The highest BCUT2D eigenvalue weighted by molar-refractivity contribution is 7.99. The van der Waals surface area contributed by atoms with E-state index in [1.54, 1.807) is 18.0 Å². The molecule has 0 fully saturated rings. The second kappa shape index (κ2) is 7.68. The highest BCUT2D eigenvalue weighted by atomic mass is 32.2. The van der Waals surface area contributed by atoms with E-state index in [1.165, 1.54) is 5.56 Å². The summed E-state index contributed by atoms with van der Waals surface area (Å²) in [5.74, 6) is 0.706. The van der Waals surface area contributed by atoms with Crippen molar-refractivity contribution in [2.24, 2.45) is 0 Å². The fraction of sp³-hybridized carbons (Fsp3) is 0.545. The fourth-order valence-electron chi connectivity index (χ4n) is 1.23. The minimum Gasteiger partial charge on any atom is -0.396 e. The number of aliphatic hydroxyl groups is 1. The minimum absolute atomic E-state index is 0.197. The standard InChI is InChI=1S/C11H18N2OS/c1-2-5-12-9-10-4-3-6-13-11(10)15-8-7-14/h3-4,6,12,14H,2,5,7-9H2,1H3. The van der Waals surface area contributed by atoms with Gasteiger partial charge in [0.2, 0.25) is 0 Å². The average Bonchev–Trinajstić information content (AvgIpc) is 2.28. The number of nitrogens with zero attached hydrogens (tertiary/aromatic N) is 1. The van der Waals surface area contributed by atoms with Gasteiger partial charge in [0.25, 0.3) is 0 Å². The Morgan fingerprint density at radius 1 is 1.53 bits per heavy atom. The third-order valence-electron chi connectivity index (χ3n) is 1.92. The smallest absolute Gasteiger partial charge is 0.101 e. The van der Waals surface area contributed by atoms with E-state index in [0.29, 0.717) is 5.75 Å². The summed E-state index contributed by atoms with van der Waals surface area (Å²) in [6.07, 6.45) is 2.93. The van der Waals surface area contributed by atoms with Crippen molar-refractivity contribution in [3.63, 3.8) is 0 Å². The van der Waals surface area contributed by atoms with Gasteiger partial charge in [-0.1, -0.05) is 13.0 Å². The molecule has 1 heterocycles. The lowest BCUT2D eigenvalue weighted by atomic mass is 10.3. The summed E-state index contributed by atoms with van der Waals surface area (Å²) in [7, 11) is 0. The largest absolute Gasteiger partial charge is 0.396 e. The first-order chi connectivity index (χ1) is 7.38. The third kappa shape index (κ3) is 4.64. The first-order valence-corrected chi connectivity index (χ1v) is 6.25. The lowest BCUT2D eigenvalue weighted by Gasteiger charge is -2.07. The van der Waals surface area contributed by atoms with E-state index in [1.807, 2.05) is 6.07 Å². The predicted molar refractivity (Wildman–Crippen MR) is 64.0 cm³/mol. The van der Waals surface area contributed by atoms with Gasteiger partial charge in [-0.15, -0.1) is 11.8 Å². The maximum Gasteiger partial charge on any atom is 0.101 e. The summed E-state index contributed by atoms with van der Waals surface area (Å²) < 4.78 is 0. The third-order valence-corrected chi connectivity index (χ3v) is 2.95. The van der Waals surface area contributed by atoms with Gasteiger partial charge in [-0.05, 0) is 24.6 Å². The molecule has 4 heteroatoms. The summed E-state index contributed by atoms with van der Waals surface area (Å²) in [6.45, 7) is 4.23. The molecule has 1 aromatic rings. The van der Waals surface area contributed by atoms with Crippen LogP contribution in [0.15, 0.2) is 23.4 Å². The van der Waals surface area contributed by atoms with Gasteiger partial charge in [0.05, 0.1) is 6.61 Å². The lowest BCUT2D eigenvalue weighted by molar-refractivity contribution is 0.322. The number of hydrogen-bond acceptors (Lipinski definition) is 4. The van der Waals surface area contributed by atoms with E-state index in [0.717, 1.165) is 24.5 Å². The Kier molecular flexibility index (Phi) is 6.39. The summed E-state index contributed by atoms with van der Waals surface area (Å²) >= 11 is 1.60. The summed E-state index contributed by atoms with van der Waals surface area (Å²) in [5, 5.41) is 13.1. The molecule has 1 rings (SSSR count). The number of pyridine rings is 1. The predicted octanol–water partition coefficient (Wildman–Crippen LogP) is 1.67. The Morgan fingerprint density at radius 2 is 2.40 bits per heavy atom. The molecule has 0 saturated heterocycles. The van der Waals surface area contributed by atoms with Crippen LogP contribution < -0.4 is 5.32 Å². The van der Waals surface area contributed by atoms with Crippen molar-refractivity contribution in [3.8, 4) is 0 Å². The zero-order valence-corrected chi connectivity index (χ0v) is 9.89. The van der Waals surface area contributed by atoms with Crippen LogP contribution in [-0.2, 0) is 6.54 Å².